The molecule has 0 spiro atoms. The molecule has 1 aromatic heterocycles. The van der Waals surface area contributed by atoms with Gasteiger partial charge in [0.25, 0.3) is 0 Å². The van der Waals surface area contributed by atoms with Crippen LogP contribution in [0.15, 0.2) is 48.5 Å². The Balaban J connectivity index is 1.73. The Bertz CT molecular complexity index is 706. The van der Waals surface area contributed by atoms with Crippen LogP contribution < -0.4 is 10.6 Å². The number of likely N-dealkylation sites (N-methyl/N-ethyl adjacent to an activating group) is 1. The van der Waals surface area contributed by atoms with E-state index in [1.54, 1.807) is 11.3 Å². The number of hydrogen-bond acceptors (Lipinski definition) is 4. The van der Waals surface area contributed by atoms with Gasteiger partial charge in [-0.1, -0.05) is 41.7 Å². The fourth-order valence-electron chi connectivity index (χ4n) is 2.13. The number of nitrogen functional groups attached to an aromatic ring is 1. The quantitative estimate of drug-likeness (QED) is 0.744. The zero-order valence-corrected chi connectivity index (χ0v) is 12.2. The molecule has 20 heavy (non-hydrogen) atoms. The van der Waals surface area contributed by atoms with Crippen molar-refractivity contribution in [3.05, 3.63) is 54.1 Å². The smallest absolute Gasteiger partial charge is 0.186 e. The first-order valence-electron chi connectivity index (χ1n) is 6.63. The molecule has 0 saturated carbocycles. The van der Waals surface area contributed by atoms with Gasteiger partial charge in [-0.25, -0.2) is 4.98 Å². The van der Waals surface area contributed by atoms with E-state index in [2.05, 4.69) is 41.2 Å². The maximum Gasteiger partial charge on any atom is 0.186 e. The molecule has 0 saturated heterocycles. The maximum absolute atomic E-state index is 5.81. The summed E-state index contributed by atoms with van der Waals surface area (Å²) < 4.78 is 1.14. The van der Waals surface area contributed by atoms with E-state index in [4.69, 9.17) is 5.73 Å². The number of thiazole rings is 1. The van der Waals surface area contributed by atoms with Crippen molar-refractivity contribution in [2.45, 2.75) is 6.42 Å². The molecule has 0 bridgehead atoms. The normalized spacial score (nSPS) is 10.8. The van der Waals surface area contributed by atoms with E-state index in [0.717, 1.165) is 34.0 Å². The third kappa shape index (κ3) is 2.75. The molecular weight excluding hydrogens is 266 g/mol. The van der Waals surface area contributed by atoms with Crippen LogP contribution in [0.25, 0.3) is 10.2 Å². The Morgan fingerprint density at radius 2 is 1.95 bits per heavy atom. The van der Waals surface area contributed by atoms with Crippen molar-refractivity contribution in [3.63, 3.8) is 0 Å². The van der Waals surface area contributed by atoms with E-state index in [1.165, 1.54) is 5.56 Å². The molecule has 4 heteroatoms. The van der Waals surface area contributed by atoms with Gasteiger partial charge in [0.05, 0.1) is 10.2 Å². The predicted molar refractivity (Wildman–Crippen MR) is 87.4 cm³/mol. The van der Waals surface area contributed by atoms with Gasteiger partial charge in [0.15, 0.2) is 5.13 Å². The molecule has 2 N–H and O–H groups in total. The van der Waals surface area contributed by atoms with Crippen molar-refractivity contribution in [3.8, 4) is 0 Å². The van der Waals surface area contributed by atoms with Gasteiger partial charge in [0, 0.05) is 19.3 Å². The third-order valence-electron chi connectivity index (χ3n) is 3.31. The first-order valence-corrected chi connectivity index (χ1v) is 7.45. The summed E-state index contributed by atoms with van der Waals surface area (Å²) in [5.74, 6) is 0. The number of nitrogens with zero attached hydrogens (tertiary/aromatic N) is 2. The lowest BCUT2D eigenvalue weighted by molar-refractivity contribution is 0.873. The fourth-order valence-corrected chi connectivity index (χ4v) is 3.13. The van der Waals surface area contributed by atoms with Gasteiger partial charge in [-0.2, -0.15) is 0 Å². The molecule has 0 aliphatic carbocycles. The van der Waals surface area contributed by atoms with E-state index < -0.39 is 0 Å². The Morgan fingerprint density at radius 1 is 1.15 bits per heavy atom. The van der Waals surface area contributed by atoms with Crippen molar-refractivity contribution < 1.29 is 0 Å². The highest BCUT2D eigenvalue weighted by molar-refractivity contribution is 7.22. The Labute approximate surface area is 122 Å². The monoisotopic (exact) mass is 283 g/mol. The van der Waals surface area contributed by atoms with Crippen molar-refractivity contribution in [1.82, 2.24) is 4.98 Å². The minimum absolute atomic E-state index is 0.791. The predicted octanol–water partition coefficient (Wildman–Crippen LogP) is 3.56. The Morgan fingerprint density at radius 3 is 2.75 bits per heavy atom. The van der Waals surface area contributed by atoms with E-state index in [1.807, 2.05) is 24.3 Å². The third-order valence-corrected chi connectivity index (χ3v) is 4.44. The van der Waals surface area contributed by atoms with Gasteiger partial charge in [-0.3, -0.25) is 0 Å². The summed E-state index contributed by atoms with van der Waals surface area (Å²) in [5.41, 5.74) is 8.97. The lowest BCUT2D eigenvalue weighted by atomic mass is 10.1. The molecule has 0 radical (unpaired) electrons. The highest BCUT2D eigenvalue weighted by atomic mass is 32.1. The summed E-state index contributed by atoms with van der Waals surface area (Å²) in [7, 11) is 2.09. The summed E-state index contributed by atoms with van der Waals surface area (Å²) >= 11 is 1.69. The molecule has 2 aromatic carbocycles. The van der Waals surface area contributed by atoms with Gasteiger partial charge in [0.1, 0.15) is 0 Å². The van der Waals surface area contributed by atoms with Crippen LogP contribution in [-0.4, -0.2) is 18.6 Å². The summed E-state index contributed by atoms with van der Waals surface area (Å²) in [6, 6.07) is 16.4. The number of nitrogens with two attached hydrogens (primary N) is 1. The second-order valence-electron chi connectivity index (χ2n) is 4.88. The molecule has 102 valence electrons. The summed E-state index contributed by atoms with van der Waals surface area (Å²) in [6.45, 7) is 0.958. The van der Waals surface area contributed by atoms with E-state index in [-0.39, 0.29) is 0 Å². The van der Waals surface area contributed by atoms with Crippen LogP contribution in [-0.2, 0) is 6.42 Å². The van der Waals surface area contributed by atoms with Crippen LogP contribution in [0.3, 0.4) is 0 Å². The first kappa shape index (κ1) is 12.9. The summed E-state index contributed by atoms with van der Waals surface area (Å²) in [5, 5.41) is 1.04. The highest BCUT2D eigenvalue weighted by Crippen LogP contribution is 2.29. The minimum atomic E-state index is 0.791. The molecule has 0 aliphatic heterocycles. The summed E-state index contributed by atoms with van der Waals surface area (Å²) in [4.78, 5) is 6.86. The Hall–Kier alpha value is -2.07. The van der Waals surface area contributed by atoms with Gasteiger partial charge in [-0.05, 0) is 30.2 Å². The number of fused-ring (bicyclic) bond motifs is 1. The molecular formula is C16H17N3S. The van der Waals surface area contributed by atoms with Crippen molar-refractivity contribution in [2.24, 2.45) is 0 Å². The number of anilines is 2. The molecule has 3 rings (SSSR count). The average Bonchev–Trinajstić information content (AvgIpc) is 2.89. The maximum atomic E-state index is 5.81. The molecule has 0 atom stereocenters. The van der Waals surface area contributed by atoms with Crippen LogP contribution in [0.2, 0.25) is 0 Å². The molecule has 0 aliphatic rings. The summed E-state index contributed by atoms with van der Waals surface area (Å²) in [6.07, 6.45) is 1.02. The standard InChI is InChI=1S/C16H17N3S/c1-19(10-9-12-5-3-2-4-6-12)16-18-14-8-7-13(17)11-15(14)20-16/h2-8,11H,9-10,17H2,1H3. The molecule has 3 aromatic rings. The molecule has 0 amide bonds. The zero-order valence-electron chi connectivity index (χ0n) is 11.4. The minimum Gasteiger partial charge on any atom is -0.399 e. The molecule has 0 fully saturated rings. The van der Waals surface area contributed by atoms with E-state index in [0.29, 0.717) is 0 Å². The Kier molecular flexibility index (Phi) is 3.56. The van der Waals surface area contributed by atoms with E-state index in [9.17, 15) is 0 Å². The molecule has 0 unspecified atom stereocenters. The number of rotatable bonds is 4. The number of hydrogen-bond donors (Lipinski definition) is 1. The van der Waals surface area contributed by atoms with Crippen molar-refractivity contribution >= 4 is 32.4 Å². The molecule has 3 nitrogen and oxygen atoms in total. The average molecular weight is 283 g/mol. The fraction of sp³-hybridized carbons (Fsp3) is 0.188. The zero-order chi connectivity index (χ0) is 13.9. The highest BCUT2D eigenvalue weighted by Gasteiger charge is 2.08. The van der Waals surface area contributed by atoms with E-state index >= 15 is 0 Å². The van der Waals surface area contributed by atoms with Gasteiger partial charge < -0.3 is 10.6 Å². The SMILES string of the molecule is CN(CCc1ccccc1)c1nc2ccc(N)cc2s1. The topological polar surface area (TPSA) is 42.2 Å². The largest absolute Gasteiger partial charge is 0.399 e. The van der Waals surface area contributed by atoms with Crippen LogP contribution in [0.1, 0.15) is 5.56 Å². The lowest BCUT2D eigenvalue weighted by Crippen LogP contribution is -2.19. The van der Waals surface area contributed by atoms with Crippen LogP contribution in [0.5, 0.6) is 0 Å². The second-order valence-corrected chi connectivity index (χ2v) is 5.89. The van der Waals surface area contributed by atoms with Crippen molar-refractivity contribution in [1.29, 1.82) is 0 Å². The second kappa shape index (κ2) is 5.51. The van der Waals surface area contributed by atoms with Crippen LogP contribution >= 0.6 is 11.3 Å². The lowest BCUT2D eigenvalue weighted by Gasteiger charge is -2.15. The van der Waals surface area contributed by atoms with Gasteiger partial charge >= 0.3 is 0 Å². The van der Waals surface area contributed by atoms with Gasteiger partial charge in [0.2, 0.25) is 0 Å². The first-order chi connectivity index (χ1) is 9.72. The number of aromatic nitrogens is 1. The number of benzene rings is 2. The van der Waals surface area contributed by atoms with Gasteiger partial charge in [-0.15, -0.1) is 0 Å². The molecule has 1 heterocycles. The van der Waals surface area contributed by atoms with Crippen LogP contribution in [0.4, 0.5) is 10.8 Å². The van der Waals surface area contributed by atoms with Crippen LogP contribution in [0, 0.1) is 0 Å². The van der Waals surface area contributed by atoms with Crippen molar-refractivity contribution in [2.75, 3.05) is 24.2 Å².